The summed E-state index contributed by atoms with van der Waals surface area (Å²) in [7, 11) is 0. The number of hydrogen-bond donors (Lipinski definition) is 2. The molecular weight excluding hydrogens is 326 g/mol. The molecule has 2 N–H and O–H groups in total. The van der Waals surface area contributed by atoms with E-state index in [2.05, 4.69) is 15.3 Å². The fourth-order valence-electron chi connectivity index (χ4n) is 2.24. The largest absolute Gasteiger partial charge is 0.459 e. The van der Waals surface area contributed by atoms with Gasteiger partial charge in [-0.15, -0.1) is 0 Å². The summed E-state index contributed by atoms with van der Waals surface area (Å²) >= 11 is 0. The highest BCUT2D eigenvalue weighted by molar-refractivity contribution is 5.93. The quantitative estimate of drug-likeness (QED) is 0.681. The summed E-state index contributed by atoms with van der Waals surface area (Å²) in [6, 6.07) is 9.91. The van der Waals surface area contributed by atoms with Gasteiger partial charge in [-0.1, -0.05) is 12.1 Å². The van der Waals surface area contributed by atoms with E-state index in [1.165, 1.54) is 12.3 Å². The molecule has 0 radical (unpaired) electrons. The van der Waals surface area contributed by atoms with Gasteiger partial charge in [0.05, 0.1) is 17.2 Å². The van der Waals surface area contributed by atoms with Gasteiger partial charge in [-0.3, -0.25) is 14.4 Å². The molecule has 0 bridgehead atoms. The number of para-hydroxylation sites is 1. The number of H-pyrrole nitrogens is 1. The van der Waals surface area contributed by atoms with Crippen LogP contribution in [0.5, 0.6) is 0 Å². The van der Waals surface area contributed by atoms with E-state index in [1.54, 1.807) is 37.3 Å². The first-order valence-corrected chi connectivity index (χ1v) is 7.55. The fraction of sp³-hybridized carbons (Fsp3) is 0.176. The third-order valence-electron chi connectivity index (χ3n) is 3.46. The maximum Gasteiger partial charge on any atom is 0.326 e. The summed E-state index contributed by atoms with van der Waals surface area (Å²) in [5.41, 5.74) is 0.199. The van der Waals surface area contributed by atoms with Crippen LogP contribution in [-0.2, 0) is 9.53 Å². The molecule has 1 amide bonds. The Bertz CT molecular complexity index is 962. The third-order valence-corrected chi connectivity index (χ3v) is 3.46. The van der Waals surface area contributed by atoms with Gasteiger partial charge in [-0.25, -0.2) is 4.98 Å². The molecule has 25 heavy (non-hydrogen) atoms. The van der Waals surface area contributed by atoms with Crippen LogP contribution < -0.4 is 10.9 Å². The van der Waals surface area contributed by atoms with Crippen LogP contribution in [-0.4, -0.2) is 28.4 Å². The number of ether oxygens (including phenoxy) is 1. The topological polar surface area (TPSA) is 114 Å². The normalized spacial score (nSPS) is 11.9. The van der Waals surface area contributed by atoms with Gasteiger partial charge >= 0.3 is 5.97 Å². The average molecular weight is 341 g/mol. The van der Waals surface area contributed by atoms with Gasteiger partial charge in [0.1, 0.15) is 6.54 Å². The van der Waals surface area contributed by atoms with E-state index in [-0.39, 0.29) is 23.7 Å². The molecule has 3 rings (SSSR count). The number of esters is 1. The van der Waals surface area contributed by atoms with Crippen molar-refractivity contribution in [3.63, 3.8) is 0 Å². The Labute approximate surface area is 141 Å². The molecule has 128 valence electrons. The Morgan fingerprint density at radius 1 is 1.28 bits per heavy atom. The summed E-state index contributed by atoms with van der Waals surface area (Å²) in [6.07, 6.45) is 0.585. The molecule has 0 aliphatic rings. The lowest BCUT2D eigenvalue weighted by molar-refractivity contribution is -0.147. The molecule has 0 unspecified atom stereocenters. The summed E-state index contributed by atoms with van der Waals surface area (Å²) in [6.45, 7) is 1.25. The molecule has 2 heterocycles. The van der Waals surface area contributed by atoms with E-state index in [0.29, 0.717) is 10.9 Å². The van der Waals surface area contributed by atoms with Crippen molar-refractivity contribution in [1.82, 2.24) is 15.3 Å². The first-order valence-electron chi connectivity index (χ1n) is 7.55. The highest BCUT2D eigenvalue weighted by atomic mass is 16.5. The zero-order valence-corrected chi connectivity index (χ0v) is 13.3. The van der Waals surface area contributed by atoms with Crippen LogP contribution in [0.3, 0.4) is 0 Å². The van der Waals surface area contributed by atoms with Crippen LogP contribution >= 0.6 is 0 Å². The number of amides is 1. The SMILES string of the molecule is C[C@@H](OC(=O)CNC(=O)c1ccco1)c1nc2ccccc2c(=O)[nH]1. The second kappa shape index (κ2) is 7.00. The summed E-state index contributed by atoms with van der Waals surface area (Å²) in [4.78, 5) is 42.5. The predicted molar refractivity (Wildman–Crippen MR) is 87.9 cm³/mol. The predicted octanol–water partition coefficient (Wildman–Crippen LogP) is 1.55. The van der Waals surface area contributed by atoms with Gasteiger partial charge in [-0.05, 0) is 31.2 Å². The molecule has 0 fully saturated rings. The van der Waals surface area contributed by atoms with Crippen molar-refractivity contribution in [2.75, 3.05) is 6.54 Å². The van der Waals surface area contributed by atoms with Gasteiger partial charge in [0.15, 0.2) is 17.7 Å². The number of nitrogens with one attached hydrogen (secondary N) is 2. The third kappa shape index (κ3) is 3.74. The first-order chi connectivity index (χ1) is 12.0. The lowest BCUT2D eigenvalue weighted by atomic mass is 10.2. The number of benzene rings is 1. The number of aromatic amines is 1. The summed E-state index contributed by atoms with van der Waals surface area (Å²) in [5, 5.41) is 2.84. The van der Waals surface area contributed by atoms with Gasteiger partial charge in [0.2, 0.25) is 0 Å². The van der Waals surface area contributed by atoms with Crippen LogP contribution in [0.15, 0.2) is 51.9 Å². The molecule has 1 atom stereocenters. The summed E-state index contributed by atoms with van der Waals surface area (Å²) < 4.78 is 10.1. The number of hydrogen-bond acceptors (Lipinski definition) is 6. The molecule has 1 aromatic carbocycles. The number of aromatic nitrogens is 2. The van der Waals surface area contributed by atoms with Gasteiger partial charge in [-0.2, -0.15) is 0 Å². The minimum Gasteiger partial charge on any atom is -0.459 e. The molecule has 0 aliphatic carbocycles. The van der Waals surface area contributed by atoms with Crippen molar-refractivity contribution in [3.05, 3.63) is 64.6 Å². The molecule has 2 aromatic heterocycles. The van der Waals surface area contributed by atoms with Crippen molar-refractivity contribution < 1.29 is 18.7 Å². The van der Waals surface area contributed by atoms with Crippen molar-refractivity contribution in [2.45, 2.75) is 13.0 Å². The highest BCUT2D eigenvalue weighted by Gasteiger charge is 2.17. The first kappa shape index (κ1) is 16.4. The maximum absolute atomic E-state index is 12.0. The molecule has 8 heteroatoms. The summed E-state index contributed by atoms with van der Waals surface area (Å²) in [5.74, 6) is -0.856. The molecular formula is C17H15N3O5. The average Bonchev–Trinajstić information content (AvgIpc) is 3.14. The Kier molecular flexibility index (Phi) is 4.60. The highest BCUT2D eigenvalue weighted by Crippen LogP contribution is 2.14. The lowest BCUT2D eigenvalue weighted by Crippen LogP contribution is -2.31. The zero-order chi connectivity index (χ0) is 17.8. The molecule has 0 saturated heterocycles. The smallest absolute Gasteiger partial charge is 0.326 e. The van der Waals surface area contributed by atoms with E-state index >= 15 is 0 Å². The van der Waals surface area contributed by atoms with Crippen LogP contribution in [0.1, 0.15) is 29.4 Å². The van der Waals surface area contributed by atoms with Crippen molar-refractivity contribution in [2.24, 2.45) is 0 Å². The van der Waals surface area contributed by atoms with E-state index in [0.717, 1.165) is 0 Å². The van der Waals surface area contributed by atoms with E-state index in [4.69, 9.17) is 9.15 Å². The number of rotatable bonds is 5. The van der Waals surface area contributed by atoms with Gasteiger partial charge in [0.25, 0.3) is 11.5 Å². The molecule has 3 aromatic rings. The maximum atomic E-state index is 12.0. The van der Waals surface area contributed by atoms with Gasteiger partial charge < -0.3 is 19.5 Å². The van der Waals surface area contributed by atoms with Crippen LogP contribution in [0.25, 0.3) is 10.9 Å². The van der Waals surface area contributed by atoms with Gasteiger partial charge in [0, 0.05) is 0 Å². The minimum atomic E-state index is -0.773. The Morgan fingerprint density at radius 2 is 2.08 bits per heavy atom. The van der Waals surface area contributed by atoms with Crippen LogP contribution in [0, 0.1) is 0 Å². The second-order valence-electron chi connectivity index (χ2n) is 5.26. The zero-order valence-electron chi connectivity index (χ0n) is 13.3. The molecule has 0 spiro atoms. The van der Waals surface area contributed by atoms with Crippen molar-refractivity contribution >= 4 is 22.8 Å². The number of nitrogens with zero attached hydrogens (tertiary/aromatic N) is 1. The molecule has 0 aliphatic heterocycles. The monoisotopic (exact) mass is 341 g/mol. The Balaban J connectivity index is 1.63. The Hall–Kier alpha value is -3.42. The number of fused-ring (bicyclic) bond motifs is 1. The molecule has 0 saturated carbocycles. The van der Waals surface area contributed by atoms with E-state index < -0.39 is 18.0 Å². The van der Waals surface area contributed by atoms with Crippen LogP contribution in [0.4, 0.5) is 0 Å². The standard InChI is InChI=1S/C17H15N3O5/c1-10(15-19-12-6-3-2-5-11(12)16(22)20-15)25-14(21)9-18-17(23)13-7-4-8-24-13/h2-8,10H,9H2,1H3,(H,18,23)(H,19,20,22)/t10-/m1/s1. The number of carbonyl (C=O) groups is 2. The Morgan fingerprint density at radius 3 is 2.84 bits per heavy atom. The minimum absolute atomic E-state index is 0.0985. The van der Waals surface area contributed by atoms with Crippen molar-refractivity contribution in [1.29, 1.82) is 0 Å². The van der Waals surface area contributed by atoms with Crippen LogP contribution in [0.2, 0.25) is 0 Å². The van der Waals surface area contributed by atoms with Crippen molar-refractivity contribution in [3.8, 4) is 0 Å². The molecule has 8 nitrogen and oxygen atoms in total. The van der Waals surface area contributed by atoms with E-state index in [1.807, 2.05) is 0 Å². The number of furan rings is 1. The second-order valence-corrected chi connectivity index (χ2v) is 5.26. The lowest BCUT2D eigenvalue weighted by Gasteiger charge is -2.13. The van der Waals surface area contributed by atoms with E-state index in [9.17, 15) is 14.4 Å². The fourth-order valence-corrected chi connectivity index (χ4v) is 2.24. The number of carbonyl (C=O) groups excluding carboxylic acids is 2.